The minimum atomic E-state index is -2.21. The van der Waals surface area contributed by atoms with Crippen molar-refractivity contribution in [1.82, 2.24) is 19.0 Å². The van der Waals surface area contributed by atoms with Crippen LogP contribution in [0.2, 0.25) is 5.02 Å². The average molecular weight is 601 g/mol. The highest BCUT2D eigenvalue weighted by Gasteiger charge is 2.57. The summed E-state index contributed by atoms with van der Waals surface area (Å²) in [5.74, 6) is -1.80. The second-order valence-electron chi connectivity index (χ2n) is 10.4. The summed E-state index contributed by atoms with van der Waals surface area (Å²) in [5.41, 5.74) is 6.74. The Morgan fingerprint density at radius 1 is 1.14 bits per heavy atom. The Morgan fingerprint density at radius 3 is 2.58 bits per heavy atom. The first-order chi connectivity index (χ1) is 20.7. The zero-order valence-corrected chi connectivity index (χ0v) is 24.1. The molecule has 1 aliphatic heterocycles. The second-order valence-corrected chi connectivity index (χ2v) is 10.8. The van der Waals surface area contributed by atoms with Crippen LogP contribution in [0, 0.1) is 11.3 Å². The van der Waals surface area contributed by atoms with E-state index in [1.54, 1.807) is 42.0 Å². The molecule has 0 saturated carbocycles. The monoisotopic (exact) mass is 600 g/mol. The van der Waals surface area contributed by atoms with E-state index in [4.69, 9.17) is 27.3 Å². The van der Waals surface area contributed by atoms with Crippen LogP contribution in [0.15, 0.2) is 78.1 Å². The van der Waals surface area contributed by atoms with E-state index >= 15 is 0 Å². The standard InChI is InChI=1S/C31H29ClN6O5/c1-43-25-8-6-22-13-26(36(17-23(22)12-25)10-11-37-18-24(32)7-9-28(37)39)31(29(34)40,30(41)42)27-15-35-19-38(27)16-21-4-2-20(14-33)3-5-21/h2-9,12,15,18-19,26H,10-11,13,16-17H2,1H3,(H2,34,40)(H,41,42). The van der Waals surface area contributed by atoms with E-state index in [0.29, 0.717) is 16.3 Å². The molecule has 2 aromatic heterocycles. The Hall–Kier alpha value is -4.92. The van der Waals surface area contributed by atoms with Crippen molar-refractivity contribution in [2.75, 3.05) is 13.7 Å². The maximum Gasteiger partial charge on any atom is 0.327 e. The number of pyridine rings is 1. The van der Waals surface area contributed by atoms with Crippen LogP contribution in [0.5, 0.6) is 5.75 Å². The number of carboxylic acid groups (broad SMARTS) is 1. The van der Waals surface area contributed by atoms with E-state index in [2.05, 4.69) is 11.1 Å². The molecule has 0 fully saturated rings. The number of carboxylic acids is 1. The van der Waals surface area contributed by atoms with Crippen molar-refractivity contribution >= 4 is 23.5 Å². The predicted octanol–water partition coefficient (Wildman–Crippen LogP) is 2.56. The van der Waals surface area contributed by atoms with Gasteiger partial charge in [0.05, 0.1) is 35.8 Å². The Morgan fingerprint density at radius 2 is 1.91 bits per heavy atom. The van der Waals surface area contributed by atoms with Crippen molar-refractivity contribution < 1.29 is 19.4 Å². The molecule has 5 rings (SSSR count). The number of hydrogen-bond acceptors (Lipinski definition) is 7. The SMILES string of the molecule is COc1ccc2c(c1)CN(CCn1cc(Cl)ccc1=O)C(C(C(N)=O)(C(=O)O)c1cncn1Cc1ccc(C#N)cc1)C2. The summed E-state index contributed by atoms with van der Waals surface area (Å²) in [6.07, 6.45) is 4.53. The number of benzene rings is 2. The highest BCUT2D eigenvalue weighted by atomic mass is 35.5. The normalized spacial score (nSPS) is 16.1. The summed E-state index contributed by atoms with van der Waals surface area (Å²) in [5, 5.41) is 20.4. The lowest BCUT2D eigenvalue weighted by atomic mass is 9.71. The molecule has 0 saturated heterocycles. The molecule has 2 atom stereocenters. The molecule has 0 aliphatic carbocycles. The third-order valence-electron chi connectivity index (χ3n) is 7.99. The van der Waals surface area contributed by atoms with E-state index in [-0.39, 0.29) is 43.9 Å². The molecule has 11 nitrogen and oxygen atoms in total. The largest absolute Gasteiger partial charge is 0.497 e. The first-order valence-electron chi connectivity index (χ1n) is 13.5. The van der Waals surface area contributed by atoms with E-state index in [1.807, 2.05) is 17.0 Å². The molecular weight excluding hydrogens is 572 g/mol. The van der Waals surface area contributed by atoms with Crippen molar-refractivity contribution in [2.24, 2.45) is 5.73 Å². The van der Waals surface area contributed by atoms with Gasteiger partial charge in [-0.15, -0.1) is 0 Å². The minimum absolute atomic E-state index is 0.128. The molecule has 3 N–H and O–H groups in total. The minimum Gasteiger partial charge on any atom is -0.497 e. The van der Waals surface area contributed by atoms with Crippen molar-refractivity contribution in [1.29, 1.82) is 5.26 Å². The molecule has 0 bridgehead atoms. The number of methoxy groups -OCH3 is 1. The summed E-state index contributed by atoms with van der Waals surface area (Å²) < 4.78 is 8.46. The lowest BCUT2D eigenvalue weighted by Gasteiger charge is -2.45. The highest BCUT2D eigenvalue weighted by Crippen LogP contribution is 2.39. The number of rotatable bonds is 10. The van der Waals surface area contributed by atoms with Gasteiger partial charge >= 0.3 is 5.97 Å². The van der Waals surface area contributed by atoms with Crippen LogP contribution in [0.4, 0.5) is 0 Å². The third-order valence-corrected chi connectivity index (χ3v) is 8.22. The maximum absolute atomic E-state index is 13.5. The summed E-state index contributed by atoms with van der Waals surface area (Å²) >= 11 is 6.14. The van der Waals surface area contributed by atoms with Gasteiger partial charge in [-0.2, -0.15) is 5.26 Å². The maximum atomic E-state index is 13.5. The highest BCUT2D eigenvalue weighted by molar-refractivity contribution is 6.30. The first kappa shape index (κ1) is 29.6. The zero-order valence-electron chi connectivity index (χ0n) is 23.3. The Bertz CT molecular complexity index is 1760. The smallest absolute Gasteiger partial charge is 0.327 e. The van der Waals surface area contributed by atoms with Crippen molar-refractivity contribution in [3.05, 3.63) is 117 Å². The summed E-state index contributed by atoms with van der Waals surface area (Å²) in [4.78, 5) is 45.5. The molecule has 2 unspecified atom stereocenters. The van der Waals surface area contributed by atoms with Gasteiger partial charge in [0.15, 0.2) is 0 Å². The van der Waals surface area contributed by atoms with E-state index < -0.39 is 23.3 Å². The summed E-state index contributed by atoms with van der Waals surface area (Å²) in [6, 6.07) is 16.4. The van der Waals surface area contributed by atoms with E-state index in [0.717, 1.165) is 16.7 Å². The van der Waals surface area contributed by atoms with Gasteiger partial charge in [0.1, 0.15) is 5.75 Å². The van der Waals surface area contributed by atoms with Gasteiger partial charge in [0.2, 0.25) is 11.3 Å². The lowest BCUT2D eigenvalue weighted by molar-refractivity contribution is -0.153. The molecule has 1 amide bonds. The number of halogens is 1. The molecule has 0 spiro atoms. The molecule has 0 radical (unpaired) electrons. The van der Waals surface area contributed by atoms with Crippen molar-refractivity contribution in [2.45, 2.75) is 37.5 Å². The Balaban J connectivity index is 1.61. The van der Waals surface area contributed by atoms with Crippen molar-refractivity contribution in [3.63, 3.8) is 0 Å². The van der Waals surface area contributed by atoms with Gasteiger partial charge in [-0.25, -0.2) is 4.98 Å². The quantitative estimate of drug-likeness (QED) is 0.263. The molecule has 4 aromatic rings. The number of nitrogens with zero attached hydrogens (tertiary/aromatic N) is 5. The lowest BCUT2D eigenvalue weighted by Crippen LogP contribution is -2.64. The van der Waals surface area contributed by atoms with Gasteiger partial charge in [-0.3, -0.25) is 19.3 Å². The Labute approximate surface area is 252 Å². The Kier molecular flexibility index (Phi) is 8.34. The number of primary amides is 1. The van der Waals surface area contributed by atoms with Gasteiger partial charge in [0.25, 0.3) is 5.56 Å². The van der Waals surface area contributed by atoms with Crippen LogP contribution >= 0.6 is 11.6 Å². The fourth-order valence-corrected chi connectivity index (χ4v) is 5.97. The van der Waals surface area contributed by atoms with Gasteiger partial charge in [-0.05, 0) is 53.4 Å². The third kappa shape index (κ3) is 5.62. The number of ether oxygens (including phenoxy) is 1. The van der Waals surface area contributed by atoms with Crippen molar-refractivity contribution in [3.8, 4) is 11.8 Å². The molecule has 220 valence electrons. The van der Waals surface area contributed by atoms with Crippen LogP contribution in [0.1, 0.15) is 27.9 Å². The van der Waals surface area contributed by atoms with Crippen LogP contribution in [-0.4, -0.2) is 55.7 Å². The summed E-state index contributed by atoms with van der Waals surface area (Å²) in [7, 11) is 1.56. The molecule has 2 aromatic carbocycles. The topological polar surface area (TPSA) is 156 Å². The number of carbonyl (C=O) groups is 2. The predicted molar refractivity (Wildman–Crippen MR) is 158 cm³/mol. The molecule has 1 aliphatic rings. The number of aliphatic carboxylic acids is 1. The van der Waals surface area contributed by atoms with Crippen LogP contribution in [0.3, 0.4) is 0 Å². The molecule has 43 heavy (non-hydrogen) atoms. The number of fused-ring (bicyclic) bond motifs is 1. The van der Waals surface area contributed by atoms with E-state index in [1.165, 1.54) is 35.4 Å². The fourth-order valence-electron chi connectivity index (χ4n) is 5.79. The first-order valence-corrected chi connectivity index (χ1v) is 13.8. The van der Waals surface area contributed by atoms with Gasteiger partial charge < -0.3 is 24.7 Å². The van der Waals surface area contributed by atoms with E-state index in [9.17, 15) is 19.5 Å². The molecule has 12 heteroatoms. The number of carbonyl (C=O) groups excluding carboxylic acids is 1. The number of imidazole rings is 1. The van der Waals surface area contributed by atoms with Crippen LogP contribution in [-0.2, 0) is 41.1 Å². The number of amides is 1. The second kappa shape index (κ2) is 12.1. The van der Waals surface area contributed by atoms with Gasteiger partial charge in [0, 0.05) is 50.7 Å². The average Bonchev–Trinajstić information content (AvgIpc) is 3.45. The summed E-state index contributed by atoms with van der Waals surface area (Å²) in [6.45, 7) is 0.877. The number of nitrogens with two attached hydrogens (primary N) is 1. The van der Waals surface area contributed by atoms with Crippen LogP contribution in [0.25, 0.3) is 0 Å². The number of hydrogen-bond donors (Lipinski definition) is 2. The molecule has 3 heterocycles. The fraction of sp³-hybridized carbons (Fsp3) is 0.258. The van der Waals surface area contributed by atoms with Crippen LogP contribution < -0.4 is 16.0 Å². The molecular formula is C31H29ClN6O5. The number of nitriles is 1. The van der Waals surface area contributed by atoms with Gasteiger partial charge in [-0.1, -0.05) is 29.8 Å². The zero-order chi connectivity index (χ0) is 30.7. The number of aromatic nitrogens is 3.